The Kier molecular flexibility index (Phi) is 15.7. The maximum Gasteiger partial charge on any atom is 0.240 e. The van der Waals surface area contributed by atoms with E-state index in [1.807, 2.05) is 72.8 Å². The molecule has 1 saturated heterocycles. The summed E-state index contributed by atoms with van der Waals surface area (Å²) in [5, 5.41) is 10.5. The average molecular weight is 727 g/mol. The number of unbranched alkanes of at least 4 members (excludes halogenated alkanes) is 2. The third kappa shape index (κ3) is 12.4. The van der Waals surface area contributed by atoms with Gasteiger partial charge in [0.1, 0.15) is 13.6 Å². The van der Waals surface area contributed by atoms with Gasteiger partial charge in [-0.15, -0.1) is 0 Å². The van der Waals surface area contributed by atoms with Crippen LogP contribution in [0, 0.1) is 5.92 Å². The lowest BCUT2D eigenvalue weighted by molar-refractivity contribution is -0.644. The second-order valence-electron chi connectivity index (χ2n) is 13.6. The second-order valence-corrected chi connectivity index (χ2v) is 13.6. The first-order valence-electron chi connectivity index (χ1n) is 18.9. The summed E-state index contributed by atoms with van der Waals surface area (Å²) in [6.45, 7) is 9.86. The minimum absolute atomic E-state index is 0.0753. The van der Waals surface area contributed by atoms with Gasteiger partial charge in [0, 0.05) is 43.4 Å². The second kappa shape index (κ2) is 21.1. The van der Waals surface area contributed by atoms with E-state index in [4.69, 9.17) is 18.9 Å². The highest BCUT2D eigenvalue weighted by molar-refractivity contribution is 5.86. The van der Waals surface area contributed by atoms with Crippen molar-refractivity contribution in [3.05, 3.63) is 96.7 Å². The number of anilines is 1. The zero-order chi connectivity index (χ0) is 37.3. The van der Waals surface area contributed by atoms with Crippen molar-refractivity contribution in [3.63, 3.8) is 0 Å². The Hall–Kier alpha value is -4.71. The molecule has 3 heterocycles. The van der Waals surface area contributed by atoms with E-state index >= 15 is 0 Å². The number of fused-ring (bicyclic) bond motifs is 2. The molecule has 5 rings (SSSR count). The predicted molar refractivity (Wildman–Crippen MR) is 208 cm³/mol. The fraction of sp³-hybridized carbons (Fsp3) is 0.452. The number of hydrogen-bond donors (Lipinski definition) is 3. The van der Waals surface area contributed by atoms with E-state index in [2.05, 4.69) is 52.2 Å². The standard InChI is InChI=1S/C42H55N5O6/c1-32-30-33(2)45-36(32)14-5-4-6-18-40(48)43-21-24-50-26-28-52-29-27-51-25-22-44-41(49)31-47-38-16-9-10-17-39(38)53-42(47)19-11-12-34-20-23-46(3)37-15-8-7-13-35(34)37/h7-13,15-17,19-20,23,32,36,45H,2,4-6,14,18,21-22,24-31H2,1,3H3,(H-,43,44,48,49)/p+1. The maximum absolute atomic E-state index is 12.9. The first-order valence-corrected chi connectivity index (χ1v) is 18.9. The number of nitrogens with one attached hydrogen (secondary N) is 3. The lowest BCUT2D eigenvalue weighted by atomic mass is 9.97. The van der Waals surface area contributed by atoms with Gasteiger partial charge >= 0.3 is 0 Å². The van der Waals surface area contributed by atoms with Crippen LogP contribution in [0.25, 0.3) is 17.0 Å². The quantitative estimate of drug-likeness (QED) is 0.0962. The molecular weight excluding hydrogens is 670 g/mol. The van der Waals surface area contributed by atoms with Gasteiger partial charge in [0.2, 0.25) is 23.2 Å². The van der Waals surface area contributed by atoms with E-state index in [0.717, 1.165) is 60.0 Å². The van der Waals surface area contributed by atoms with E-state index < -0.39 is 0 Å². The first kappa shape index (κ1) is 39.5. The van der Waals surface area contributed by atoms with Crippen LogP contribution in [-0.4, -0.2) is 77.1 Å². The summed E-state index contributed by atoms with van der Waals surface area (Å²) >= 11 is 0. The number of para-hydroxylation sites is 3. The van der Waals surface area contributed by atoms with E-state index in [0.29, 0.717) is 82.7 Å². The largest absolute Gasteiger partial charge is 0.439 e. The highest BCUT2D eigenvalue weighted by Gasteiger charge is 2.27. The van der Waals surface area contributed by atoms with E-state index in [1.165, 1.54) is 0 Å². The highest BCUT2D eigenvalue weighted by atomic mass is 16.5. The third-order valence-corrected chi connectivity index (χ3v) is 9.47. The van der Waals surface area contributed by atoms with Gasteiger partial charge < -0.3 is 34.9 Å². The van der Waals surface area contributed by atoms with Gasteiger partial charge in [0.05, 0.1) is 50.7 Å². The summed E-state index contributed by atoms with van der Waals surface area (Å²) in [6, 6.07) is 18.6. The summed E-state index contributed by atoms with van der Waals surface area (Å²) in [6.07, 6.45) is 13.8. The first-order chi connectivity index (χ1) is 25.9. The number of pyridine rings is 1. The summed E-state index contributed by atoms with van der Waals surface area (Å²) in [7, 11) is 2.04. The van der Waals surface area contributed by atoms with Crippen LogP contribution in [0.15, 0.2) is 91.1 Å². The van der Waals surface area contributed by atoms with Crippen LogP contribution in [0.4, 0.5) is 5.69 Å². The Balaban J connectivity index is 0.882. The summed E-state index contributed by atoms with van der Waals surface area (Å²) in [4.78, 5) is 26.8. The Morgan fingerprint density at radius 1 is 0.925 bits per heavy atom. The minimum atomic E-state index is -0.135. The lowest BCUT2D eigenvalue weighted by Gasteiger charge is -2.17. The van der Waals surface area contributed by atoms with Crippen molar-refractivity contribution >= 4 is 34.5 Å². The van der Waals surface area contributed by atoms with Crippen LogP contribution < -0.4 is 30.2 Å². The normalized spacial score (nSPS) is 17.4. The fourth-order valence-corrected chi connectivity index (χ4v) is 6.64. The molecule has 2 aromatic carbocycles. The maximum atomic E-state index is 12.9. The molecule has 2 atom stereocenters. The number of hydrogen-bond acceptors (Lipinski definition) is 8. The number of allylic oxidation sites excluding steroid dienone is 3. The number of carbonyl (C=O) groups is 2. The molecule has 2 unspecified atom stereocenters. The smallest absolute Gasteiger partial charge is 0.240 e. The molecule has 2 aliphatic rings. The molecule has 2 aliphatic heterocycles. The van der Waals surface area contributed by atoms with Crippen molar-refractivity contribution in [3.8, 4) is 5.75 Å². The minimum Gasteiger partial charge on any atom is -0.439 e. The molecule has 2 amide bonds. The summed E-state index contributed by atoms with van der Waals surface area (Å²) in [5.74, 6) is 1.89. The van der Waals surface area contributed by atoms with Gasteiger partial charge in [-0.2, -0.15) is 0 Å². The van der Waals surface area contributed by atoms with E-state index in [9.17, 15) is 9.59 Å². The number of aromatic nitrogens is 1. The molecule has 0 saturated carbocycles. The molecule has 0 spiro atoms. The van der Waals surface area contributed by atoms with E-state index in [1.54, 1.807) is 0 Å². The van der Waals surface area contributed by atoms with Gasteiger partial charge in [-0.1, -0.05) is 62.8 Å². The SMILES string of the molecule is C=C1CC(C)C(CCCCCC(=O)NCCOCCOCCOCCNC(=O)CN2C(=CC=Cc3cc[n+](C)c4ccccc34)Oc3ccccc32)N1. The molecule has 0 radical (unpaired) electrons. The highest BCUT2D eigenvalue weighted by Crippen LogP contribution is 2.38. The van der Waals surface area contributed by atoms with Gasteiger partial charge in [-0.05, 0) is 55.0 Å². The van der Waals surface area contributed by atoms with Crippen LogP contribution in [0.2, 0.25) is 0 Å². The molecule has 1 fully saturated rings. The Morgan fingerprint density at radius 3 is 2.38 bits per heavy atom. The molecule has 53 heavy (non-hydrogen) atoms. The van der Waals surface area contributed by atoms with Crippen molar-refractivity contribution in [2.75, 3.05) is 64.2 Å². The monoisotopic (exact) mass is 726 g/mol. The Morgan fingerprint density at radius 2 is 1.62 bits per heavy atom. The Bertz CT molecular complexity index is 1730. The fourth-order valence-electron chi connectivity index (χ4n) is 6.64. The third-order valence-electron chi connectivity index (χ3n) is 9.47. The summed E-state index contributed by atoms with van der Waals surface area (Å²) in [5.41, 5.74) is 4.24. The molecule has 3 N–H and O–H groups in total. The van der Waals surface area contributed by atoms with Crippen LogP contribution in [0.3, 0.4) is 0 Å². The molecule has 3 aromatic rings. The van der Waals surface area contributed by atoms with Crippen LogP contribution in [-0.2, 0) is 30.8 Å². The number of rotatable bonds is 22. The van der Waals surface area contributed by atoms with Crippen LogP contribution in [0.1, 0.15) is 51.0 Å². The average Bonchev–Trinajstić information content (AvgIpc) is 3.67. The molecule has 0 bridgehead atoms. The molecule has 11 nitrogen and oxygen atoms in total. The molecule has 0 aliphatic carbocycles. The van der Waals surface area contributed by atoms with Crippen molar-refractivity contribution < 1.29 is 33.1 Å². The molecular formula is C42H56N5O6+. The van der Waals surface area contributed by atoms with Crippen molar-refractivity contribution in [2.24, 2.45) is 13.0 Å². The topological polar surface area (TPSA) is 114 Å². The molecule has 11 heteroatoms. The van der Waals surface area contributed by atoms with Crippen molar-refractivity contribution in [2.45, 2.75) is 51.5 Å². The zero-order valence-electron chi connectivity index (χ0n) is 31.3. The van der Waals surface area contributed by atoms with Gasteiger partial charge in [-0.25, -0.2) is 4.57 Å². The van der Waals surface area contributed by atoms with Crippen molar-refractivity contribution in [1.29, 1.82) is 0 Å². The number of carbonyl (C=O) groups excluding carboxylic acids is 2. The number of amides is 2. The lowest BCUT2D eigenvalue weighted by Crippen LogP contribution is -2.37. The number of aryl methyl sites for hydroxylation is 1. The van der Waals surface area contributed by atoms with Gasteiger partial charge in [0.25, 0.3) is 0 Å². The van der Waals surface area contributed by atoms with Gasteiger partial charge in [-0.3, -0.25) is 14.5 Å². The predicted octanol–water partition coefficient (Wildman–Crippen LogP) is 5.16. The zero-order valence-corrected chi connectivity index (χ0v) is 31.3. The number of benzene rings is 2. The molecule has 1 aromatic heterocycles. The summed E-state index contributed by atoms with van der Waals surface area (Å²) < 4.78 is 25.0. The van der Waals surface area contributed by atoms with Crippen LogP contribution >= 0.6 is 0 Å². The number of nitrogens with zero attached hydrogens (tertiary/aromatic N) is 2. The van der Waals surface area contributed by atoms with E-state index in [-0.39, 0.29) is 18.4 Å². The van der Waals surface area contributed by atoms with Gasteiger partial charge in [0.15, 0.2) is 11.9 Å². The Labute approximate surface area is 314 Å². The molecule has 284 valence electrons. The van der Waals surface area contributed by atoms with Crippen molar-refractivity contribution in [1.82, 2.24) is 16.0 Å². The number of ether oxygens (including phenoxy) is 4. The van der Waals surface area contributed by atoms with Crippen LogP contribution in [0.5, 0.6) is 5.75 Å².